The van der Waals surface area contributed by atoms with Crippen molar-refractivity contribution in [2.45, 2.75) is 18.4 Å². The van der Waals surface area contributed by atoms with Crippen LogP contribution in [0.3, 0.4) is 0 Å². The third-order valence-electron chi connectivity index (χ3n) is 4.94. The summed E-state index contributed by atoms with van der Waals surface area (Å²) in [4.78, 5) is 0. The highest BCUT2D eigenvalue weighted by Gasteiger charge is 2.41. The number of hydrogen-bond acceptors (Lipinski definition) is 1. The number of rotatable bonds is 3. The van der Waals surface area contributed by atoms with Crippen LogP contribution in [0.5, 0.6) is 0 Å². The number of fused-ring (bicyclic) bond motifs is 1. The van der Waals surface area contributed by atoms with Gasteiger partial charge in [0.2, 0.25) is 0 Å². The molecular formula is C23H20O. The Bertz CT molecular complexity index is 837. The average molecular weight is 312 g/mol. The predicted octanol–water partition coefficient (Wildman–Crippen LogP) is 4.80. The molecule has 4 rings (SSSR count). The molecule has 0 heterocycles. The lowest BCUT2D eigenvalue weighted by molar-refractivity contribution is 0.253. The van der Waals surface area contributed by atoms with Gasteiger partial charge in [0.25, 0.3) is 0 Å². The standard InChI is InChI=1S/C23H20O/c1-17(24)21-16-23(18-10-4-2-5-11-18,19-12-6-3-7-13-19)22-15-9-8-14-20(21)22/h2-17,24H,1H3. The number of benzene rings is 3. The second-order valence-corrected chi connectivity index (χ2v) is 6.36. The first-order chi connectivity index (χ1) is 11.7. The van der Waals surface area contributed by atoms with E-state index in [-0.39, 0.29) is 5.41 Å². The summed E-state index contributed by atoms with van der Waals surface area (Å²) in [5, 5.41) is 10.4. The Balaban J connectivity index is 2.09. The molecule has 1 aliphatic carbocycles. The van der Waals surface area contributed by atoms with Crippen molar-refractivity contribution in [3.8, 4) is 0 Å². The van der Waals surface area contributed by atoms with Crippen LogP contribution >= 0.6 is 0 Å². The molecule has 0 fully saturated rings. The summed E-state index contributed by atoms with van der Waals surface area (Å²) >= 11 is 0. The number of aliphatic hydroxyl groups excluding tert-OH is 1. The number of allylic oxidation sites excluding steroid dienone is 1. The lowest BCUT2D eigenvalue weighted by atomic mass is 9.71. The van der Waals surface area contributed by atoms with Crippen molar-refractivity contribution in [2.75, 3.05) is 0 Å². The van der Waals surface area contributed by atoms with E-state index in [2.05, 4.69) is 72.8 Å². The second kappa shape index (κ2) is 5.77. The highest BCUT2D eigenvalue weighted by molar-refractivity contribution is 5.83. The van der Waals surface area contributed by atoms with Crippen molar-refractivity contribution < 1.29 is 5.11 Å². The van der Waals surface area contributed by atoms with Gasteiger partial charge in [-0.1, -0.05) is 91.0 Å². The van der Waals surface area contributed by atoms with Crippen LogP contribution in [-0.2, 0) is 5.41 Å². The molecule has 0 saturated carbocycles. The quantitative estimate of drug-likeness (QED) is 0.736. The SMILES string of the molecule is CC(O)C1=CC(c2ccccc2)(c2ccccc2)c2ccccc21. The molecule has 0 spiro atoms. The Morgan fingerprint density at radius 2 is 1.21 bits per heavy atom. The molecule has 1 atom stereocenters. The van der Waals surface area contributed by atoms with Gasteiger partial charge in [-0.2, -0.15) is 0 Å². The van der Waals surface area contributed by atoms with Crippen molar-refractivity contribution in [3.63, 3.8) is 0 Å². The van der Waals surface area contributed by atoms with Crippen LogP contribution in [0.2, 0.25) is 0 Å². The summed E-state index contributed by atoms with van der Waals surface area (Å²) in [5.41, 5.74) is 5.46. The molecule has 1 unspecified atom stereocenters. The lowest BCUT2D eigenvalue weighted by Crippen LogP contribution is -2.25. The molecule has 0 radical (unpaired) electrons. The Hall–Kier alpha value is -2.64. The molecule has 3 aromatic carbocycles. The summed E-state index contributed by atoms with van der Waals surface area (Å²) in [6.45, 7) is 1.84. The van der Waals surface area contributed by atoms with Crippen molar-refractivity contribution in [3.05, 3.63) is 113 Å². The monoisotopic (exact) mass is 312 g/mol. The van der Waals surface area contributed by atoms with E-state index in [0.29, 0.717) is 0 Å². The van der Waals surface area contributed by atoms with Gasteiger partial charge < -0.3 is 5.11 Å². The molecule has 0 amide bonds. The van der Waals surface area contributed by atoms with E-state index in [1.54, 1.807) is 0 Å². The fraction of sp³-hybridized carbons (Fsp3) is 0.130. The molecule has 1 aliphatic rings. The molecule has 0 bridgehead atoms. The van der Waals surface area contributed by atoms with Gasteiger partial charge in [-0.25, -0.2) is 0 Å². The first kappa shape index (κ1) is 14.9. The van der Waals surface area contributed by atoms with Crippen molar-refractivity contribution in [1.29, 1.82) is 0 Å². The summed E-state index contributed by atoms with van der Waals surface area (Å²) in [6, 6.07) is 29.5. The number of aliphatic hydroxyl groups is 1. The van der Waals surface area contributed by atoms with E-state index in [0.717, 1.165) is 11.1 Å². The lowest BCUT2D eigenvalue weighted by Gasteiger charge is -2.30. The maximum atomic E-state index is 10.4. The molecular weight excluding hydrogens is 292 g/mol. The zero-order chi connectivity index (χ0) is 16.6. The third-order valence-corrected chi connectivity index (χ3v) is 4.94. The zero-order valence-electron chi connectivity index (χ0n) is 13.7. The molecule has 0 aromatic heterocycles. The van der Waals surface area contributed by atoms with E-state index in [9.17, 15) is 5.11 Å². The van der Waals surface area contributed by atoms with Crippen LogP contribution in [-0.4, -0.2) is 11.2 Å². The molecule has 0 saturated heterocycles. The minimum atomic E-state index is -0.500. The summed E-state index contributed by atoms with van der Waals surface area (Å²) < 4.78 is 0. The highest BCUT2D eigenvalue weighted by atomic mass is 16.3. The summed E-state index contributed by atoms with van der Waals surface area (Å²) in [6.07, 6.45) is 1.74. The zero-order valence-corrected chi connectivity index (χ0v) is 13.7. The van der Waals surface area contributed by atoms with Crippen LogP contribution in [0.1, 0.15) is 29.2 Å². The summed E-state index contributed by atoms with van der Waals surface area (Å²) in [7, 11) is 0. The predicted molar refractivity (Wildman–Crippen MR) is 98.9 cm³/mol. The molecule has 24 heavy (non-hydrogen) atoms. The van der Waals surface area contributed by atoms with Crippen LogP contribution in [0.15, 0.2) is 91.0 Å². The number of hydrogen-bond donors (Lipinski definition) is 1. The second-order valence-electron chi connectivity index (χ2n) is 6.36. The molecule has 1 nitrogen and oxygen atoms in total. The van der Waals surface area contributed by atoms with E-state index in [1.807, 2.05) is 25.1 Å². The maximum Gasteiger partial charge on any atom is 0.0765 e. The van der Waals surface area contributed by atoms with Crippen molar-refractivity contribution >= 4 is 5.57 Å². The average Bonchev–Trinajstić information content (AvgIpc) is 3.00. The van der Waals surface area contributed by atoms with E-state index in [4.69, 9.17) is 0 Å². The Morgan fingerprint density at radius 1 is 0.708 bits per heavy atom. The Morgan fingerprint density at radius 3 is 1.75 bits per heavy atom. The van der Waals surface area contributed by atoms with Gasteiger partial charge in [-0.3, -0.25) is 0 Å². The smallest absolute Gasteiger partial charge is 0.0765 e. The fourth-order valence-corrected chi connectivity index (χ4v) is 3.86. The minimum Gasteiger partial charge on any atom is -0.389 e. The molecule has 0 aliphatic heterocycles. The van der Waals surface area contributed by atoms with Gasteiger partial charge in [0.05, 0.1) is 11.5 Å². The maximum absolute atomic E-state index is 10.4. The Kier molecular flexibility index (Phi) is 3.59. The first-order valence-electron chi connectivity index (χ1n) is 8.35. The van der Waals surface area contributed by atoms with Gasteiger partial charge in [0.1, 0.15) is 0 Å². The van der Waals surface area contributed by atoms with Crippen LogP contribution in [0.25, 0.3) is 5.57 Å². The third kappa shape index (κ3) is 2.13. The molecule has 118 valence electrons. The van der Waals surface area contributed by atoms with Gasteiger partial charge in [-0.05, 0) is 34.8 Å². The molecule has 1 N–H and O–H groups in total. The normalized spacial score (nSPS) is 16.3. The Labute approximate surface area is 142 Å². The van der Waals surface area contributed by atoms with E-state index in [1.165, 1.54) is 16.7 Å². The van der Waals surface area contributed by atoms with Crippen molar-refractivity contribution in [1.82, 2.24) is 0 Å². The van der Waals surface area contributed by atoms with Crippen molar-refractivity contribution in [2.24, 2.45) is 0 Å². The van der Waals surface area contributed by atoms with Gasteiger partial charge in [-0.15, -0.1) is 0 Å². The van der Waals surface area contributed by atoms with E-state index >= 15 is 0 Å². The van der Waals surface area contributed by atoms with Crippen LogP contribution < -0.4 is 0 Å². The molecule has 3 aromatic rings. The fourth-order valence-electron chi connectivity index (χ4n) is 3.86. The van der Waals surface area contributed by atoms with Crippen LogP contribution in [0, 0.1) is 0 Å². The van der Waals surface area contributed by atoms with Crippen LogP contribution in [0.4, 0.5) is 0 Å². The van der Waals surface area contributed by atoms with Gasteiger partial charge in [0.15, 0.2) is 0 Å². The summed E-state index contributed by atoms with van der Waals surface area (Å²) in [5.74, 6) is 0. The minimum absolute atomic E-state index is 0.356. The first-order valence-corrected chi connectivity index (χ1v) is 8.35. The molecule has 1 heteroatoms. The largest absolute Gasteiger partial charge is 0.389 e. The highest BCUT2D eigenvalue weighted by Crippen LogP contribution is 2.50. The topological polar surface area (TPSA) is 20.2 Å². The van der Waals surface area contributed by atoms with Gasteiger partial charge in [0, 0.05) is 0 Å². The van der Waals surface area contributed by atoms with E-state index < -0.39 is 6.10 Å². The van der Waals surface area contributed by atoms with Gasteiger partial charge >= 0.3 is 0 Å².